The molecule has 1 heteroatoms. The molecule has 0 aliphatic heterocycles. The molecule has 18 heavy (non-hydrogen) atoms. The van der Waals surface area contributed by atoms with E-state index >= 15 is 0 Å². The summed E-state index contributed by atoms with van der Waals surface area (Å²) >= 11 is 0. The average molecular weight is 249 g/mol. The van der Waals surface area contributed by atoms with Crippen LogP contribution in [0.2, 0.25) is 0 Å². The van der Waals surface area contributed by atoms with Crippen molar-refractivity contribution in [3.63, 3.8) is 0 Å². The summed E-state index contributed by atoms with van der Waals surface area (Å²) in [6.45, 7) is 13.7. The van der Waals surface area contributed by atoms with E-state index in [1.807, 2.05) is 0 Å². The minimum Gasteiger partial charge on any atom is -0.386 e. The molecule has 2 aliphatic carbocycles. The van der Waals surface area contributed by atoms with E-state index in [1.54, 1.807) is 0 Å². The zero-order chi connectivity index (χ0) is 13.3. The number of hydrogen-bond donors (Lipinski definition) is 1. The maximum Gasteiger partial charge on any atom is 0.0278 e. The van der Waals surface area contributed by atoms with Gasteiger partial charge in [-0.25, -0.2) is 0 Å². The second kappa shape index (κ2) is 5.67. The summed E-state index contributed by atoms with van der Waals surface area (Å²) in [4.78, 5) is 0. The van der Waals surface area contributed by atoms with E-state index in [2.05, 4.69) is 39.6 Å². The van der Waals surface area contributed by atoms with Gasteiger partial charge in [-0.15, -0.1) is 0 Å². The van der Waals surface area contributed by atoms with Gasteiger partial charge in [0.25, 0.3) is 0 Å². The Hall–Kier alpha value is -0.460. The molecule has 2 saturated carbocycles. The number of fused-ring (bicyclic) bond motifs is 1. The number of rotatable bonds is 5. The van der Waals surface area contributed by atoms with Gasteiger partial charge in [-0.1, -0.05) is 47.1 Å². The second-order valence-corrected chi connectivity index (χ2v) is 6.93. The van der Waals surface area contributed by atoms with Crippen LogP contribution in [0.25, 0.3) is 0 Å². The highest BCUT2D eigenvalue weighted by atomic mass is 14.9. The predicted octanol–water partition coefficient (Wildman–Crippen LogP) is 4.60. The van der Waals surface area contributed by atoms with Gasteiger partial charge >= 0.3 is 0 Å². The molecule has 104 valence electrons. The van der Waals surface area contributed by atoms with Gasteiger partial charge in [0.05, 0.1) is 0 Å². The highest BCUT2D eigenvalue weighted by Gasteiger charge is 2.49. The molecule has 2 rings (SSSR count). The lowest BCUT2D eigenvalue weighted by Gasteiger charge is -2.55. The topological polar surface area (TPSA) is 12.0 Å². The summed E-state index contributed by atoms with van der Waals surface area (Å²) in [7, 11) is 0. The molecule has 1 nitrogen and oxygen atoms in total. The first-order chi connectivity index (χ1) is 8.56. The first-order valence-corrected chi connectivity index (χ1v) is 8.01. The number of allylic oxidation sites excluding steroid dienone is 1. The van der Waals surface area contributed by atoms with Gasteiger partial charge < -0.3 is 5.32 Å². The fourth-order valence-corrected chi connectivity index (χ4v) is 4.45. The molecule has 0 radical (unpaired) electrons. The van der Waals surface area contributed by atoms with Gasteiger partial charge in [-0.05, 0) is 42.9 Å². The quantitative estimate of drug-likeness (QED) is 0.751. The minimum absolute atomic E-state index is 0.604. The predicted molar refractivity (Wildman–Crippen MR) is 79.3 cm³/mol. The molecule has 0 bridgehead atoms. The van der Waals surface area contributed by atoms with Gasteiger partial charge in [0.1, 0.15) is 0 Å². The Morgan fingerprint density at radius 1 is 1.22 bits per heavy atom. The van der Waals surface area contributed by atoms with E-state index < -0.39 is 0 Å². The van der Waals surface area contributed by atoms with Crippen LogP contribution in [0.5, 0.6) is 0 Å². The van der Waals surface area contributed by atoms with Crippen LogP contribution in [-0.2, 0) is 0 Å². The van der Waals surface area contributed by atoms with Crippen molar-refractivity contribution in [2.24, 2.45) is 29.6 Å². The van der Waals surface area contributed by atoms with E-state index in [0.717, 1.165) is 23.7 Å². The van der Waals surface area contributed by atoms with Gasteiger partial charge in [-0.3, -0.25) is 0 Å². The summed E-state index contributed by atoms with van der Waals surface area (Å²) < 4.78 is 0. The molecule has 2 fully saturated rings. The van der Waals surface area contributed by atoms with Crippen LogP contribution in [0.4, 0.5) is 0 Å². The van der Waals surface area contributed by atoms with Crippen molar-refractivity contribution in [3.05, 3.63) is 12.3 Å². The summed E-state index contributed by atoms with van der Waals surface area (Å²) in [6, 6.07) is 0.604. The Labute approximate surface area is 113 Å². The van der Waals surface area contributed by atoms with E-state index in [0.29, 0.717) is 12.0 Å². The zero-order valence-electron chi connectivity index (χ0n) is 12.7. The van der Waals surface area contributed by atoms with E-state index in [1.165, 1.54) is 37.8 Å². The van der Waals surface area contributed by atoms with E-state index in [9.17, 15) is 0 Å². The lowest BCUT2D eigenvalue weighted by atomic mass is 9.51. The molecule has 0 amide bonds. The summed E-state index contributed by atoms with van der Waals surface area (Å²) in [5.74, 6) is 4.26. The Morgan fingerprint density at radius 2 is 1.83 bits per heavy atom. The summed E-state index contributed by atoms with van der Waals surface area (Å²) in [5, 5.41) is 3.74. The normalized spacial score (nSPS) is 36.7. The fraction of sp³-hybridized carbons (Fsp3) is 0.882. The molecule has 5 unspecified atom stereocenters. The largest absolute Gasteiger partial charge is 0.386 e. The van der Waals surface area contributed by atoms with Crippen molar-refractivity contribution in [2.45, 2.75) is 65.8 Å². The monoisotopic (exact) mass is 249 g/mol. The Kier molecular flexibility index (Phi) is 4.40. The van der Waals surface area contributed by atoms with Crippen LogP contribution in [-0.4, -0.2) is 6.04 Å². The molecule has 0 heterocycles. The Morgan fingerprint density at radius 3 is 2.39 bits per heavy atom. The van der Waals surface area contributed by atoms with Gasteiger partial charge in [-0.2, -0.15) is 0 Å². The summed E-state index contributed by atoms with van der Waals surface area (Å²) in [5.41, 5.74) is 1.34. The Balaban J connectivity index is 1.93. The molecule has 1 N–H and O–H groups in total. The molecule has 0 aromatic carbocycles. The lowest BCUT2D eigenvalue weighted by molar-refractivity contribution is -0.0242. The van der Waals surface area contributed by atoms with Gasteiger partial charge in [0.15, 0.2) is 0 Å². The van der Waals surface area contributed by atoms with Crippen LogP contribution in [0, 0.1) is 29.6 Å². The first kappa shape index (κ1) is 14.0. The molecule has 0 aromatic rings. The number of nitrogens with one attached hydrogen (secondary N) is 1. The third-order valence-electron chi connectivity index (χ3n) is 5.60. The third kappa shape index (κ3) is 2.46. The maximum atomic E-state index is 4.38. The van der Waals surface area contributed by atoms with Gasteiger partial charge in [0.2, 0.25) is 0 Å². The van der Waals surface area contributed by atoms with Crippen LogP contribution < -0.4 is 5.32 Å². The van der Waals surface area contributed by atoms with Crippen molar-refractivity contribution in [1.29, 1.82) is 0 Å². The molecule has 5 atom stereocenters. The lowest BCUT2D eigenvalue weighted by Crippen LogP contribution is -2.51. The van der Waals surface area contributed by atoms with Gasteiger partial charge in [0, 0.05) is 17.7 Å². The summed E-state index contributed by atoms with van der Waals surface area (Å²) in [6.07, 6.45) is 7.02. The molecule has 0 spiro atoms. The average Bonchev–Trinajstić information content (AvgIpc) is 2.35. The Bertz CT molecular complexity index is 294. The first-order valence-electron chi connectivity index (χ1n) is 8.01. The van der Waals surface area contributed by atoms with Crippen molar-refractivity contribution in [1.82, 2.24) is 5.32 Å². The third-order valence-corrected chi connectivity index (χ3v) is 5.60. The molecular formula is C17H31N. The maximum absolute atomic E-state index is 4.38. The molecule has 0 aromatic heterocycles. The smallest absolute Gasteiger partial charge is 0.0278 e. The molecule has 2 aliphatic rings. The molecule has 0 saturated heterocycles. The highest BCUT2D eigenvalue weighted by Crippen LogP contribution is 2.55. The van der Waals surface area contributed by atoms with Crippen LogP contribution in [0.1, 0.15) is 59.8 Å². The fourth-order valence-electron chi connectivity index (χ4n) is 4.45. The van der Waals surface area contributed by atoms with E-state index in [-0.39, 0.29) is 0 Å². The highest BCUT2D eigenvalue weighted by molar-refractivity contribution is 5.13. The van der Waals surface area contributed by atoms with Crippen molar-refractivity contribution < 1.29 is 0 Å². The zero-order valence-corrected chi connectivity index (χ0v) is 12.7. The standard InChI is InChI=1S/C17H31N/c1-6-16(11(2)3)18-13(5)17-12(4)14-9-7-8-10-15(14)17/h11-12,14-18H,5-10H2,1-4H3. The van der Waals surface area contributed by atoms with Crippen LogP contribution >= 0.6 is 0 Å². The minimum atomic E-state index is 0.604. The van der Waals surface area contributed by atoms with Crippen molar-refractivity contribution in [2.75, 3.05) is 0 Å². The van der Waals surface area contributed by atoms with E-state index in [4.69, 9.17) is 0 Å². The van der Waals surface area contributed by atoms with Crippen LogP contribution in [0.15, 0.2) is 12.3 Å². The molecular weight excluding hydrogens is 218 g/mol. The second-order valence-electron chi connectivity index (χ2n) is 6.93. The SMILES string of the molecule is C=C(NC(CC)C(C)C)C1C(C)C2CCCCC21. The van der Waals surface area contributed by atoms with Crippen molar-refractivity contribution >= 4 is 0 Å². The van der Waals surface area contributed by atoms with Crippen LogP contribution in [0.3, 0.4) is 0 Å². The van der Waals surface area contributed by atoms with Crippen molar-refractivity contribution in [3.8, 4) is 0 Å². The number of hydrogen-bond acceptors (Lipinski definition) is 1.